The van der Waals surface area contributed by atoms with E-state index in [-0.39, 0.29) is 35.2 Å². The third-order valence-corrected chi connectivity index (χ3v) is 8.13. The summed E-state index contributed by atoms with van der Waals surface area (Å²) in [6, 6.07) is 13.8. The van der Waals surface area contributed by atoms with Crippen molar-refractivity contribution in [2.45, 2.75) is 36.7 Å². The van der Waals surface area contributed by atoms with Gasteiger partial charge in [0.2, 0.25) is 11.0 Å². The van der Waals surface area contributed by atoms with Crippen molar-refractivity contribution in [3.05, 3.63) is 78.0 Å². The van der Waals surface area contributed by atoms with Crippen molar-refractivity contribution < 1.29 is 35.9 Å². The first-order valence-corrected chi connectivity index (χ1v) is 13.1. The number of benzene rings is 2. The fourth-order valence-corrected chi connectivity index (χ4v) is 6.02. The zero-order valence-corrected chi connectivity index (χ0v) is 20.6. The lowest BCUT2D eigenvalue weighted by Crippen LogP contribution is -2.45. The molecule has 2 aromatic carbocycles. The minimum absolute atomic E-state index is 0.00176. The van der Waals surface area contributed by atoms with Gasteiger partial charge in [-0.15, -0.1) is 0 Å². The number of alkyl halides is 3. The summed E-state index contributed by atoms with van der Waals surface area (Å²) < 4.78 is 71.7. The molecule has 0 saturated carbocycles. The van der Waals surface area contributed by atoms with E-state index >= 15 is 0 Å². The predicted octanol–water partition coefficient (Wildman–Crippen LogP) is 4.69. The first-order valence-electron chi connectivity index (χ1n) is 11.7. The number of carbonyl (C=O) groups is 1. The van der Waals surface area contributed by atoms with E-state index in [9.17, 15) is 31.5 Å². The fraction of sp³-hybridized carbons (Fsp3) is 0.231. The Balaban J connectivity index is 1.30. The highest BCUT2D eigenvalue weighted by atomic mass is 32.2. The van der Waals surface area contributed by atoms with Gasteiger partial charge in [0.05, 0.1) is 11.3 Å². The van der Waals surface area contributed by atoms with E-state index in [0.717, 1.165) is 16.4 Å². The minimum atomic E-state index is -4.54. The van der Waals surface area contributed by atoms with Crippen LogP contribution in [0.3, 0.4) is 0 Å². The number of phenolic OH excluding ortho intramolecular Hbond substituents is 1. The van der Waals surface area contributed by atoms with Crippen molar-refractivity contribution in [1.29, 1.82) is 0 Å². The highest BCUT2D eigenvalue weighted by Gasteiger charge is 2.41. The number of amides is 1. The number of nitrogens with zero attached hydrogens (tertiary/aromatic N) is 2. The maximum absolute atomic E-state index is 13.3. The van der Waals surface area contributed by atoms with Crippen LogP contribution < -0.4 is 5.32 Å². The number of hydrogen-bond donors (Lipinski definition) is 2. The van der Waals surface area contributed by atoms with E-state index in [1.54, 1.807) is 30.3 Å². The van der Waals surface area contributed by atoms with Crippen molar-refractivity contribution in [1.82, 2.24) is 14.6 Å². The van der Waals surface area contributed by atoms with Crippen LogP contribution in [-0.4, -0.2) is 41.3 Å². The molecule has 1 aliphatic rings. The number of fused-ring (bicyclic) bond motifs is 1. The molecule has 3 heterocycles. The predicted molar refractivity (Wildman–Crippen MR) is 131 cm³/mol. The number of aromatic hydroxyl groups is 1. The normalized spacial score (nSPS) is 16.7. The molecule has 198 valence electrons. The van der Waals surface area contributed by atoms with Gasteiger partial charge in [-0.1, -0.05) is 24.3 Å². The molecule has 12 heteroatoms. The Kier molecular flexibility index (Phi) is 6.61. The second-order valence-corrected chi connectivity index (χ2v) is 10.7. The number of pyridine rings is 1. The molecule has 0 bridgehead atoms. The number of carbonyl (C=O) groups excluding carboxylic acids is 1. The van der Waals surface area contributed by atoms with Crippen molar-refractivity contribution in [3.63, 3.8) is 0 Å². The van der Waals surface area contributed by atoms with Gasteiger partial charge in [-0.3, -0.25) is 9.78 Å². The van der Waals surface area contributed by atoms with Crippen LogP contribution in [0, 0.1) is 0 Å². The summed E-state index contributed by atoms with van der Waals surface area (Å²) in [7, 11) is -4.06. The van der Waals surface area contributed by atoms with Gasteiger partial charge in [-0.05, 0) is 48.7 Å². The van der Waals surface area contributed by atoms with Crippen LogP contribution in [0.25, 0.3) is 22.2 Å². The standard InChI is InChI=1S/C26H22F3N3O5S/c27-26(28,29)18-8-9-20(30-15-18)19-12-16(7-10-22(19)33)14-31-25(34)21-5-3-11-32(21)38(35,36)24-13-17-4-1-2-6-23(17)37-24/h1-2,4,6-10,12-13,15,21,33H,3,5,11,14H2,(H,31,34)/t21-/m0/s1. The molecule has 1 fully saturated rings. The number of nitrogens with one attached hydrogen (secondary N) is 1. The highest BCUT2D eigenvalue weighted by Crippen LogP contribution is 2.33. The van der Waals surface area contributed by atoms with Gasteiger partial charge in [0, 0.05) is 36.3 Å². The lowest BCUT2D eigenvalue weighted by molar-refractivity contribution is -0.137. The Morgan fingerprint density at radius 3 is 2.63 bits per heavy atom. The quantitative estimate of drug-likeness (QED) is 0.364. The summed E-state index contributed by atoms with van der Waals surface area (Å²) in [5, 5.41) is 13.3. The molecular weight excluding hydrogens is 523 g/mol. The number of halogens is 3. The van der Waals surface area contributed by atoms with Crippen LogP contribution in [0.4, 0.5) is 13.2 Å². The van der Waals surface area contributed by atoms with E-state index < -0.39 is 33.7 Å². The van der Waals surface area contributed by atoms with Gasteiger partial charge in [-0.2, -0.15) is 17.5 Å². The maximum atomic E-state index is 13.3. The summed E-state index contributed by atoms with van der Waals surface area (Å²) in [5.74, 6) is -0.685. The molecule has 0 unspecified atom stereocenters. The molecule has 1 saturated heterocycles. The molecule has 1 amide bonds. The van der Waals surface area contributed by atoms with Crippen molar-refractivity contribution in [2.24, 2.45) is 0 Å². The summed E-state index contributed by atoms with van der Waals surface area (Å²) >= 11 is 0. The van der Waals surface area contributed by atoms with Crippen LogP contribution in [0.2, 0.25) is 0 Å². The number of furan rings is 1. The molecule has 0 aliphatic carbocycles. The summed E-state index contributed by atoms with van der Waals surface area (Å²) in [6.45, 7) is 0.169. The number of rotatable bonds is 6. The lowest BCUT2D eigenvalue weighted by Gasteiger charge is -2.22. The smallest absolute Gasteiger partial charge is 0.417 e. The number of aromatic nitrogens is 1. The molecule has 2 N–H and O–H groups in total. The summed E-state index contributed by atoms with van der Waals surface area (Å²) in [6.07, 6.45) is -3.02. The second kappa shape index (κ2) is 9.76. The van der Waals surface area contributed by atoms with Crippen LogP contribution in [-0.2, 0) is 27.5 Å². The third-order valence-electron chi connectivity index (χ3n) is 6.37. The molecule has 0 spiro atoms. The summed E-state index contributed by atoms with van der Waals surface area (Å²) in [5.41, 5.74) is 0.375. The Morgan fingerprint density at radius 2 is 1.92 bits per heavy atom. The maximum Gasteiger partial charge on any atom is 0.417 e. The van der Waals surface area contributed by atoms with Crippen molar-refractivity contribution in [3.8, 4) is 17.0 Å². The number of sulfonamides is 1. The Morgan fingerprint density at radius 1 is 1.13 bits per heavy atom. The van der Waals surface area contributed by atoms with E-state index in [0.29, 0.717) is 35.6 Å². The molecule has 1 aliphatic heterocycles. The van der Waals surface area contributed by atoms with E-state index in [1.165, 1.54) is 18.2 Å². The Bertz CT molecular complexity index is 1570. The first kappa shape index (κ1) is 25.7. The number of para-hydroxylation sites is 1. The number of phenols is 1. The van der Waals surface area contributed by atoms with E-state index in [4.69, 9.17) is 4.42 Å². The van der Waals surface area contributed by atoms with Gasteiger partial charge in [0.25, 0.3) is 10.0 Å². The topological polar surface area (TPSA) is 113 Å². The Labute approximate surface area is 215 Å². The van der Waals surface area contributed by atoms with Crippen molar-refractivity contribution >= 4 is 26.9 Å². The molecule has 5 rings (SSSR count). The number of hydrogen-bond acceptors (Lipinski definition) is 6. The highest BCUT2D eigenvalue weighted by molar-refractivity contribution is 7.89. The van der Waals surface area contributed by atoms with E-state index in [1.807, 2.05) is 0 Å². The van der Waals surface area contributed by atoms with Crippen LogP contribution >= 0.6 is 0 Å². The van der Waals surface area contributed by atoms with Crippen LogP contribution in [0.15, 0.2) is 76.4 Å². The Hall–Kier alpha value is -3.90. The molecular formula is C26H22F3N3O5S. The molecule has 4 aromatic rings. The van der Waals surface area contributed by atoms with Gasteiger partial charge in [-0.25, -0.2) is 8.42 Å². The zero-order valence-electron chi connectivity index (χ0n) is 19.8. The SMILES string of the molecule is O=C(NCc1ccc(O)c(-c2ccc(C(F)(F)F)cn2)c1)[C@@H]1CCCN1S(=O)(=O)c1cc2ccccc2o1. The fourth-order valence-electron chi connectivity index (χ4n) is 4.42. The van der Waals surface area contributed by atoms with Gasteiger partial charge in [0.1, 0.15) is 17.4 Å². The molecule has 38 heavy (non-hydrogen) atoms. The van der Waals surface area contributed by atoms with Crippen LogP contribution in [0.1, 0.15) is 24.0 Å². The lowest BCUT2D eigenvalue weighted by atomic mass is 10.1. The zero-order chi connectivity index (χ0) is 27.1. The van der Waals surface area contributed by atoms with Crippen molar-refractivity contribution in [2.75, 3.05) is 6.54 Å². The van der Waals surface area contributed by atoms with Gasteiger partial charge in [0.15, 0.2) is 0 Å². The monoisotopic (exact) mass is 545 g/mol. The van der Waals surface area contributed by atoms with Crippen LogP contribution in [0.5, 0.6) is 5.75 Å². The third kappa shape index (κ3) is 4.96. The van der Waals surface area contributed by atoms with E-state index in [2.05, 4.69) is 10.3 Å². The minimum Gasteiger partial charge on any atom is -0.507 e. The molecule has 8 nitrogen and oxygen atoms in total. The second-order valence-electron chi connectivity index (χ2n) is 8.88. The first-order chi connectivity index (χ1) is 18.0. The summed E-state index contributed by atoms with van der Waals surface area (Å²) in [4.78, 5) is 16.8. The average Bonchev–Trinajstić information content (AvgIpc) is 3.56. The van der Waals surface area contributed by atoms with Gasteiger partial charge >= 0.3 is 6.18 Å². The average molecular weight is 546 g/mol. The molecule has 0 radical (unpaired) electrons. The van der Waals surface area contributed by atoms with Gasteiger partial charge < -0.3 is 14.8 Å². The molecule has 1 atom stereocenters. The molecule has 2 aromatic heterocycles. The largest absolute Gasteiger partial charge is 0.507 e.